The number of nitrogens with one attached hydrogen (secondary N) is 2. The molecule has 0 saturated heterocycles. The summed E-state index contributed by atoms with van der Waals surface area (Å²) in [5.74, 6) is 1.02. The number of benzene rings is 1. The highest BCUT2D eigenvalue weighted by atomic mass is 16.9. The Hall–Kier alpha value is -2.59. The number of nitrogens with zero attached hydrogens (tertiary/aromatic N) is 1. The zero-order chi connectivity index (χ0) is 21.7. The Bertz CT molecular complexity index is 640. The van der Waals surface area contributed by atoms with Gasteiger partial charge in [0.05, 0.1) is 13.7 Å². The normalized spacial score (nSPS) is 12.1. The lowest BCUT2D eigenvalue weighted by Gasteiger charge is -2.28. The van der Waals surface area contributed by atoms with Crippen LogP contribution in [0.1, 0.15) is 33.1 Å². The standard InChI is InChI=1S/C19H31N3O7/c1-19(2,14-20-18(24)10-6-7-11-29-22(25)26)21-12-15(23)13-28-17-9-5-4-8-16(17)27-3/h4-5,8-9,15,21,23H,6-7,10-14H2,1-3H3,(H,20,24). The third kappa shape index (κ3) is 11.1. The van der Waals surface area contributed by atoms with Gasteiger partial charge in [-0.25, -0.2) is 0 Å². The molecule has 0 spiro atoms. The van der Waals surface area contributed by atoms with E-state index in [2.05, 4.69) is 15.5 Å². The minimum absolute atomic E-state index is 0.0118. The van der Waals surface area contributed by atoms with Gasteiger partial charge in [-0.2, -0.15) is 0 Å². The number of carbonyl (C=O) groups excluding carboxylic acids is 1. The summed E-state index contributed by atoms with van der Waals surface area (Å²) in [4.78, 5) is 26.1. The second-order valence-electron chi connectivity index (χ2n) is 7.17. The van der Waals surface area contributed by atoms with Gasteiger partial charge in [0.1, 0.15) is 12.7 Å². The number of aliphatic hydroxyl groups is 1. The SMILES string of the molecule is COc1ccccc1OCC(O)CNC(C)(C)CNC(=O)CCCCO[N+](=O)[O-]. The van der Waals surface area contributed by atoms with Gasteiger partial charge in [-0.1, -0.05) is 12.1 Å². The van der Waals surface area contributed by atoms with E-state index in [1.807, 2.05) is 26.0 Å². The summed E-state index contributed by atoms with van der Waals surface area (Å²) in [5, 5.41) is 25.3. The molecule has 0 aliphatic rings. The first-order valence-electron chi connectivity index (χ1n) is 9.46. The molecule has 0 fully saturated rings. The third-order valence-corrected chi connectivity index (χ3v) is 4.04. The van der Waals surface area contributed by atoms with E-state index in [9.17, 15) is 20.0 Å². The monoisotopic (exact) mass is 413 g/mol. The lowest BCUT2D eigenvalue weighted by molar-refractivity contribution is -0.757. The molecule has 0 aliphatic heterocycles. The Balaban J connectivity index is 2.23. The predicted molar refractivity (Wildman–Crippen MR) is 106 cm³/mol. The van der Waals surface area contributed by atoms with E-state index in [-0.39, 0.29) is 32.1 Å². The molecule has 3 N–H and O–H groups in total. The van der Waals surface area contributed by atoms with Crippen molar-refractivity contribution in [1.29, 1.82) is 0 Å². The molecular weight excluding hydrogens is 382 g/mol. The molecule has 1 amide bonds. The quantitative estimate of drug-likeness (QED) is 0.223. The van der Waals surface area contributed by atoms with Gasteiger partial charge in [0.2, 0.25) is 5.91 Å². The van der Waals surface area contributed by atoms with Crippen LogP contribution < -0.4 is 20.1 Å². The van der Waals surface area contributed by atoms with Crippen molar-refractivity contribution < 1.29 is 29.3 Å². The Kier molecular flexibility index (Phi) is 10.8. The molecule has 0 aliphatic carbocycles. The molecule has 0 heterocycles. The van der Waals surface area contributed by atoms with Crippen molar-refractivity contribution in [2.45, 2.75) is 44.8 Å². The molecule has 1 rings (SSSR count). The van der Waals surface area contributed by atoms with Gasteiger partial charge in [-0.15, -0.1) is 10.1 Å². The minimum Gasteiger partial charge on any atom is -0.493 e. The second-order valence-corrected chi connectivity index (χ2v) is 7.17. The van der Waals surface area contributed by atoms with Gasteiger partial charge in [-0.05, 0) is 38.8 Å². The maximum Gasteiger partial charge on any atom is 0.294 e. The van der Waals surface area contributed by atoms with Crippen LogP contribution in [0.2, 0.25) is 0 Å². The van der Waals surface area contributed by atoms with Crippen molar-refractivity contribution >= 4 is 5.91 Å². The van der Waals surface area contributed by atoms with E-state index in [0.29, 0.717) is 30.9 Å². The van der Waals surface area contributed by atoms with Crippen molar-refractivity contribution in [2.24, 2.45) is 0 Å². The van der Waals surface area contributed by atoms with Gasteiger partial charge < -0.3 is 30.1 Å². The van der Waals surface area contributed by atoms with Crippen LogP contribution in [0.15, 0.2) is 24.3 Å². The zero-order valence-corrected chi connectivity index (χ0v) is 17.2. The third-order valence-electron chi connectivity index (χ3n) is 4.04. The maximum atomic E-state index is 11.8. The van der Waals surface area contributed by atoms with E-state index < -0.39 is 16.7 Å². The zero-order valence-electron chi connectivity index (χ0n) is 17.2. The van der Waals surface area contributed by atoms with E-state index in [0.717, 1.165) is 0 Å². The summed E-state index contributed by atoms with van der Waals surface area (Å²) < 4.78 is 10.8. The summed E-state index contributed by atoms with van der Waals surface area (Å²) >= 11 is 0. The van der Waals surface area contributed by atoms with Crippen molar-refractivity contribution in [3.8, 4) is 11.5 Å². The van der Waals surface area contributed by atoms with Crippen LogP contribution in [-0.4, -0.2) is 61.2 Å². The van der Waals surface area contributed by atoms with Crippen LogP contribution in [0.4, 0.5) is 0 Å². The highest BCUT2D eigenvalue weighted by Crippen LogP contribution is 2.25. The van der Waals surface area contributed by atoms with Gasteiger partial charge >= 0.3 is 0 Å². The Morgan fingerprint density at radius 1 is 1.28 bits per heavy atom. The van der Waals surface area contributed by atoms with E-state index in [1.165, 1.54) is 0 Å². The molecule has 0 aromatic heterocycles. The largest absolute Gasteiger partial charge is 0.493 e. The number of hydrogen-bond donors (Lipinski definition) is 3. The number of ether oxygens (including phenoxy) is 2. The molecule has 10 nitrogen and oxygen atoms in total. The van der Waals surface area contributed by atoms with E-state index in [1.54, 1.807) is 19.2 Å². The Morgan fingerprint density at radius 2 is 1.97 bits per heavy atom. The number of methoxy groups -OCH3 is 1. The summed E-state index contributed by atoms with van der Waals surface area (Å²) in [6.07, 6.45) is 0.476. The van der Waals surface area contributed by atoms with Crippen molar-refractivity contribution in [3.05, 3.63) is 34.4 Å². The van der Waals surface area contributed by atoms with Crippen molar-refractivity contribution in [1.82, 2.24) is 10.6 Å². The molecule has 1 unspecified atom stereocenters. The van der Waals surface area contributed by atoms with E-state index >= 15 is 0 Å². The molecule has 29 heavy (non-hydrogen) atoms. The highest BCUT2D eigenvalue weighted by Gasteiger charge is 2.20. The average molecular weight is 413 g/mol. The molecule has 164 valence electrons. The lowest BCUT2D eigenvalue weighted by atomic mass is 10.1. The number of amides is 1. The molecular formula is C19H31N3O7. The summed E-state index contributed by atoms with van der Waals surface area (Å²) in [6, 6.07) is 7.20. The average Bonchev–Trinajstić information content (AvgIpc) is 2.69. The van der Waals surface area contributed by atoms with Gasteiger partial charge in [0, 0.05) is 25.0 Å². The number of aliphatic hydroxyl groups excluding tert-OH is 1. The fourth-order valence-electron chi connectivity index (χ4n) is 2.37. The van der Waals surface area contributed by atoms with Crippen molar-refractivity contribution in [2.75, 3.05) is 33.4 Å². The van der Waals surface area contributed by atoms with Gasteiger partial charge in [-0.3, -0.25) is 4.79 Å². The molecule has 0 bridgehead atoms. The predicted octanol–water partition coefficient (Wildman–Crippen LogP) is 1.30. The van der Waals surface area contributed by atoms with Crippen LogP contribution in [0, 0.1) is 10.1 Å². The fourth-order valence-corrected chi connectivity index (χ4v) is 2.37. The van der Waals surface area contributed by atoms with Crippen LogP contribution in [-0.2, 0) is 9.63 Å². The number of β-amino-alcohol motifs (C(OH)–C–C–N with tert-alkyl or cyclic N) is 1. The summed E-state index contributed by atoms with van der Waals surface area (Å²) in [6.45, 7) is 4.57. The molecule has 0 saturated carbocycles. The number of para-hydroxylation sites is 2. The van der Waals surface area contributed by atoms with E-state index in [4.69, 9.17) is 9.47 Å². The number of hydrogen-bond acceptors (Lipinski definition) is 8. The topological polar surface area (TPSA) is 132 Å². The fraction of sp³-hybridized carbons (Fsp3) is 0.632. The van der Waals surface area contributed by atoms with Crippen LogP contribution in [0.5, 0.6) is 11.5 Å². The first-order valence-corrected chi connectivity index (χ1v) is 9.46. The first-order chi connectivity index (χ1) is 13.7. The number of carbonyl (C=O) groups is 1. The summed E-state index contributed by atoms with van der Waals surface area (Å²) in [5.41, 5.74) is -0.435. The number of rotatable bonds is 15. The molecule has 0 radical (unpaired) electrons. The Morgan fingerprint density at radius 3 is 2.62 bits per heavy atom. The first kappa shape index (κ1) is 24.4. The Labute approximate surface area is 170 Å². The van der Waals surface area contributed by atoms with Gasteiger partial charge in [0.15, 0.2) is 11.5 Å². The summed E-state index contributed by atoms with van der Waals surface area (Å²) in [7, 11) is 1.55. The lowest BCUT2D eigenvalue weighted by Crippen LogP contribution is -2.51. The maximum absolute atomic E-state index is 11.8. The molecule has 1 aromatic carbocycles. The molecule has 10 heteroatoms. The molecule has 1 aromatic rings. The second kappa shape index (κ2) is 12.8. The molecule has 1 atom stereocenters. The smallest absolute Gasteiger partial charge is 0.294 e. The van der Waals surface area contributed by atoms with Gasteiger partial charge in [0.25, 0.3) is 5.09 Å². The highest BCUT2D eigenvalue weighted by molar-refractivity contribution is 5.75. The minimum atomic E-state index is -0.843. The number of unbranched alkanes of at least 4 members (excludes halogenated alkanes) is 1. The van der Waals surface area contributed by atoms with Crippen LogP contribution >= 0.6 is 0 Å². The van der Waals surface area contributed by atoms with Crippen molar-refractivity contribution in [3.63, 3.8) is 0 Å². The van der Waals surface area contributed by atoms with Crippen LogP contribution in [0.3, 0.4) is 0 Å². The van der Waals surface area contributed by atoms with Crippen LogP contribution in [0.25, 0.3) is 0 Å².